The van der Waals surface area contributed by atoms with Gasteiger partial charge in [0.15, 0.2) is 0 Å². The Morgan fingerprint density at radius 3 is 2.22 bits per heavy atom. The van der Waals surface area contributed by atoms with E-state index in [9.17, 15) is 0 Å². The van der Waals surface area contributed by atoms with Crippen LogP contribution in [0.25, 0.3) is 0 Å². The first kappa shape index (κ1) is 9.65. The van der Waals surface area contributed by atoms with Gasteiger partial charge in [-0.3, -0.25) is 0 Å². The van der Waals surface area contributed by atoms with Crippen molar-refractivity contribution in [2.24, 2.45) is 0 Å². The maximum Gasteiger partial charge on any atom is 0.00529 e. The van der Waals surface area contributed by atoms with Crippen LogP contribution in [0.3, 0.4) is 0 Å². The molecule has 0 bridgehead atoms. The maximum atomic E-state index is 2.29. The first-order chi connectivity index (χ1) is 4.27. The summed E-state index contributed by atoms with van der Waals surface area (Å²) in [6, 6.07) is 1.68. The molecular weight excluding hydrogens is 156 g/mol. The lowest BCUT2D eigenvalue weighted by molar-refractivity contribution is 0.701. The SMILES string of the molecule is CCCCCC[SiH]([SiH3])[SiH3]. The fourth-order valence-electron chi connectivity index (χ4n) is 0.979. The third-order valence-corrected chi connectivity index (χ3v) is 6.66. The van der Waals surface area contributed by atoms with Gasteiger partial charge in [-0.2, -0.15) is 0 Å². The molecule has 0 atom stereocenters. The molecule has 0 unspecified atom stereocenters. The molecule has 0 aromatic carbocycles. The second-order valence-electron chi connectivity index (χ2n) is 3.24. The van der Waals surface area contributed by atoms with Crippen LogP contribution >= 0.6 is 0 Å². The Morgan fingerprint density at radius 2 is 1.78 bits per heavy atom. The Morgan fingerprint density at radius 1 is 1.11 bits per heavy atom. The molecule has 0 spiro atoms. The van der Waals surface area contributed by atoms with Gasteiger partial charge in [-0.05, 0) is 19.5 Å². The standard InChI is InChI=1S/C6H20Si3/c1-2-3-4-5-6-9(7)8/h9H,2-6H2,1,7-8H3. The molecule has 0 aliphatic rings. The quantitative estimate of drug-likeness (QED) is 0.392. The fraction of sp³-hybridized carbons (Fsp3) is 1.00. The van der Waals surface area contributed by atoms with Gasteiger partial charge in [0.1, 0.15) is 0 Å². The van der Waals surface area contributed by atoms with Gasteiger partial charge >= 0.3 is 0 Å². The molecular formula is C6H20Si3. The Bertz CT molecular complexity index is 54.3. The summed E-state index contributed by atoms with van der Waals surface area (Å²) in [5.41, 5.74) is 0. The minimum atomic E-state index is 0.0646. The average Bonchev–Trinajstić information content (AvgIpc) is 1.80. The Hall–Kier alpha value is 0.651. The highest BCUT2D eigenvalue weighted by Crippen LogP contribution is 2.02. The van der Waals surface area contributed by atoms with E-state index in [1.807, 2.05) is 0 Å². The number of unbranched alkanes of at least 4 members (excludes halogenated alkanes) is 3. The second kappa shape index (κ2) is 6.77. The van der Waals surface area contributed by atoms with Crippen LogP contribution < -0.4 is 0 Å². The molecule has 0 aliphatic heterocycles. The van der Waals surface area contributed by atoms with Gasteiger partial charge < -0.3 is 0 Å². The van der Waals surface area contributed by atoms with E-state index in [4.69, 9.17) is 0 Å². The van der Waals surface area contributed by atoms with Crippen LogP contribution in [0.5, 0.6) is 0 Å². The highest BCUT2D eigenvalue weighted by Gasteiger charge is 1.93. The largest absolute Gasteiger partial charge is 0.0654 e. The van der Waals surface area contributed by atoms with Crippen LogP contribution in [0, 0.1) is 0 Å². The van der Waals surface area contributed by atoms with Crippen LogP contribution in [0.2, 0.25) is 6.04 Å². The molecule has 0 nitrogen and oxygen atoms in total. The van der Waals surface area contributed by atoms with Gasteiger partial charge in [-0.15, -0.1) is 0 Å². The zero-order valence-corrected chi connectivity index (χ0v) is 12.3. The highest BCUT2D eigenvalue weighted by molar-refractivity contribution is 7.29. The molecule has 0 aliphatic carbocycles. The summed E-state index contributed by atoms with van der Waals surface area (Å²) in [6.07, 6.45) is 5.96. The summed E-state index contributed by atoms with van der Waals surface area (Å²) in [6.45, 7) is 2.29. The molecule has 0 heterocycles. The fourth-order valence-corrected chi connectivity index (χ4v) is 4.53. The molecule has 0 N–H and O–H groups in total. The van der Waals surface area contributed by atoms with Crippen molar-refractivity contribution in [3.63, 3.8) is 0 Å². The van der Waals surface area contributed by atoms with Gasteiger partial charge in [-0.25, -0.2) is 0 Å². The van der Waals surface area contributed by atoms with Gasteiger partial charge in [0.2, 0.25) is 0 Å². The smallest absolute Gasteiger partial charge is 0.00529 e. The Kier molecular flexibility index (Phi) is 7.26. The van der Waals surface area contributed by atoms with E-state index in [-0.39, 0.29) is 7.83 Å². The van der Waals surface area contributed by atoms with E-state index in [2.05, 4.69) is 6.92 Å². The molecule has 9 heavy (non-hydrogen) atoms. The summed E-state index contributed by atoms with van der Waals surface area (Å²) >= 11 is 0. The first-order valence-corrected chi connectivity index (χ1v) is 14.3. The molecule has 0 radical (unpaired) electrons. The Labute approximate surface area is 66.5 Å². The van der Waals surface area contributed by atoms with Crippen LogP contribution in [0.15, 0.2) is 0 Å². The van der Waals surface area contributed by atoms with Crippen LogP contribution in [0.4, 0.5) is 0 Å². The minimum absolute atomic E-state index is 0.0646. The van der Waals surface area contributed by atoms with Crippen molar-refractivity contribution in [2.45, 2.75) is 38.7 Å². The molecule has 56 valence electrons. The number of hydrogen-bond acceptors (Lipinski definition) is 0. The van der Waals surface area contributed by atoms with Gasteiger partial charge in [0, 0.05) is 7.83 Å². The predicted molar refractivity (Wildman–Crippen MR) is 56.0 cm³/mol. The van der Waals surface area contributed by atoms with E-state index in [0.29, 0.717) is 0 Å². The topological polar surface area (TPSA) is 0 Å². The van der Waals surface area contributed by atoms with E-state index in [1.54, 1.807) is 32.0 Å². The predicted octanol–water partition coefficient (Wildman–Crippen LogP) is -0.482. The first-order valence-electron chi connectivity index (χ1n) is 4.27. The van der Waals surface area contributed by atoms with Crippen LogP contribution in [0.1, 0.15) is 32.6 Å². The van der Waals surface area contributed by atoms with Crippen molar-refractivity contribution in [3.05, 3.63) is 0 Å². The average molecular weight is 176 g/mol. The van der Waals surface area contributed by atoms with E-state index < -0.39 is 0 Å². The zero-order valence-electron chi connectivity index (χ0n) is 7.11. The normalized spacial score (nSPS) is 14.3. The minimum Gasteiger partial charge on any atom is -0.0654 e. The van der Waals surface area contributed by atoms with Crippen molar-refractivity contribution in [1.82, 2.24) is 0 Å². The van der Waals surface area contributed by atoms with Crippen molar-refractivity contribution < 1.29 is 0 Å². The summed E-state index contributed by atoms with van der Waals surface area (Å²) in [5, 5.41) is 0. The lowest BCUT2D eigenvalue weighted by Crippen LogP contribution is -2.11. The molecule has 0 aromatic rings. The number of hydrogen-bond donors (Lipinski definition) is 0. The third-order valence-electron chi connectivity index (χ3n) is 1.64. The molecule has 0 saturated carbocycles. The lowest BCUT2D eigenvalue weighted by Gasteiger charge is -2.00. The molecule has 0 rings (SSSR count). The van der Waals surface area contributed by atoms with Crippen molar-refractivity contribution in [2.75, 3.05) is 0 Å². The van der Waals surface area contributed by atoms with Crippen molar-refractivity contribution >= 4 is 27.4 Å². The van der Waals surface area contributed by atoms with Crippen LogP contribution in [-0.2, 0) is 0 Å². The van der Waals surface area contributed by atoms with Gasteiger partial charge in [0.05, 0.1) is 0 Å². The molecule has 0 saturated heterocycles. The van der Waals surface area contributed by atoms with E-state index in [1.165, 1.54) is 19.3 Å². The monoisotopic (exact) mass is 176 g/mol. The maximum absolute atomic E-state index is 2.29. The van der Waals surface area contributed by atoms with Gasteiger partial charge in [-0.1, -0.05) is 38.7 Å². The summed E-state index contributed by atoms with van der Waals surface area (Å²) < 4.78 is 0. The molecule has 0 amide bonds. The third kappa shape index (κ3) is 8.65. The zero-order chi connectivity index (χ0) is 7.11. The van der Waals surface area contributed by atoms with Crippen molar-refractivity contribution in [1.29, 1.82) is 0 Å². The molecule has 3 heteroatoms. The summed E-state index contributed by atoms with van der Waals surface area (Å²) in [4.78, 5) is 0. The highest BCUT2D eigenvalue weighted by atomic mass is 29.5. The summed E-state index contributed by atoms with van der Waals surface area (Å²) in [5.74, 6) is 0. The van der Waals surface area contributed by atoms with Crippen LogP contribution in [-0.4, -0.2) is 27.4 Å². The van der Waals surface area contributed by atoms with E-state index in [0.717, 1.165) is 0 Å². The lowest BCUT2D eigenvalue weighted by atomic mass is 10.2. The molecule has 0 fully saturated rings. The second-order valence-corrected chi connectivity index (χ2v) is 25.4. The Balaban J connectivity index is 2.75. The number of rotatable bonds is 5. The van der Waals surface area contributed by atoms with E-state index >= 15 is 0 Å². The van der Waals surface area contributed by atoms with Gasteiger partial charge in [0.25, 0.3) is 0 Å². The van der Waals surface area contributed by atoms with Crippen molar-refractivity contribution in [3.8, 4) is 0 Å². The molecule has 0 aromatic heterocycles. The summed E-state index contributed by atoms with van der Waals surface area (Å²) in [7, 11) is 3.24.